The van der Waals surface area contributed by atoms with Crippen molar-refractivity contribution in [2.75, 3.05) is 6.61 Å². The van der Waals surface area contributed by atoms with Gasteiger partial charge in [-0.15, -0.1) is 0 Å². The summed E-state index contributed by atoms with van der Waals surface area (Å²) in [6.07, 6.45) is -7.65. The first kappa shape index (κ1) is 18.2. The number of hydrogen-bond donors (Lipinski definition) is 4. The summed E-state index contributed by atoms with van der Waals surface area (Å²) in [6, 6.07) is 8.95. The lowest BCUT2D eigenvalue weighted by Crippen LogP contribution is -2.60. The molecule has 0 bridgehead atoms. The normalized spacial score (nSPS) is 31.9. The summed E-state index contributed by atoms with van der Waals surface area (Å²) in [5.41, 5.74) is 0.787. The molecule has 130 valence electrons. The molecule has 23 heavy (non-hydrogen) atoms. The molecule has 1 aliphatic rings. The second kappa shape index (κ2) is 7.64. The SMILES string of the molecule is O=S(=O)(O)O[C@H]1[C@H](O)[C@@H](O)[C@H](OCc2ccccc2)O[C@@H]1CO. The molecule has 1 aromatic rings. The zero-order chi connectivity index (χ0) is 17.0. The highest BCUT2D eigenvalue weighted by Crippen LogP contribution is 2.26. The Balaban J connectivity index is 2.04. The van der Waals surface area contributed by atoms with E-state index in [0.29, 0.717) is 0 Å². The molecule has 0 radical (unpaired) electrons. The maximum Gasteiger partial charge on any atom is 0.397 e. The number of benzene rings is 1. The topological polar surface area (TPSA) is 143 Å². The second-order valence-electron chi connectivity index (χ2n) is 4.99. The van der Waals surface area contributed by atoms with Gasteiger partial charge < -0.3 is 24.8 Å². The van der Waals surface area contributed by atoms with Gasteiger partial charge >= 0.3 is 10.4 Å². The predicted molar refractivity (Wildman–Crippen MR) is 75.4 cm³/mol. The van der Waals surface area contributed by atoms with Gasteiger partial charge in [-0.3, -0.25) is 4.55 Å². The third-order valence-electron chi connectivity index (χ3n) is 3.31. The Bertz CT molecular complexity index is 589. The highest BCUT2D eigenvalue weighted by molar-refractivity contribution is 7.80. The van der Waals surface area contributed by atoms with Crippen molar-refractivity contribution in [3.8, 4) is 0 Å². The average Bonchev–Trinajstić information content (AvgIpc) is 2.51. The molecule has 4 N–H and O–H groups in total. The van der Waals surface area contributed by atoms with Gasteiger partial charge in [0.05, 0.1) is 13.2 Å². The molecular weight excluding hydrogens is 332 g/mol. The first-order valence-corrected chi connectivity index (χ1v) is 8.12. The van der Waals surface area contributed by atoms with Crippen LogP contribution in [0.2, 0.25) is 0 Å². The lowest BCUT2D eigenvalue weighted by atomic mass is 9.99. The molecule has 0 aromatic heterocycles. The maximum absolute atomic E-state index is 10.8. The van der Waals surface area contributed by atoms with Crippen LogP contribution < -0.4 is 0 Å². The molecule has 1 aromatic carbocycles. The Kier molecular flexibility index (Phi) is 6.06. The fourth-order valence-electron chi connectivity index (χ4n) is 2.20. The molecule has 1 saturated heterocycles. The van der Waals surface area contributed by atoms with E-state index in [1.54, 1.807) is 24.3 Å². The van der Waals surface area contributed by atoms with Crippen molar-refractivity contribution in [1.29, 1.82) is 0 Å². The van der Waals surface area contributed by atoms with E-state index in [1.165, 1.54) is 0 Å². The van der Waals surface area contributed by atoms with Crippen molar-refractivity contribution in [1.82, 2.24) is 0 Å². The summed E-state index contributed by atoms with van der Waals surface area (Å²) >= 11 is 0. The first-order valence-electron chi connectivity index (χ1n) is 6.75. The Morgan fingerprint density at radius 3 is 2.35 bits per heavy atom. The summed E-state index contributed by atoms with van der Waals surface area (Å²) in [5, 5.41) is 29.1. The molecule has 5 atom stereocenters. The zero-order valence-electron chi connectivity index (χ0n) is 11.9. The van der Waals surface area contributed by atoms with Gasteiger partial charge in [0, 0.05) is 0 Å². The van der Waals surface area contributed by atoms with Crippen LogP contribution in [0.4, 0.5) is 0 Å². The van der Waals surface area contributed by atoms with E-state index in [9.17, 15) is 23.7 Å². The Labute approximate surface area is 133 Å². The number of hydrogen-bond acceptors (Lipinski definition) is 8. The first-order chi connectivity index (χ1) is 10.8. The van der Waals surface area contributed by atoms with E-state index in [1.807, 2.05) is 6.07 Å². The van der Waals surface area contributed by atoms with Crippen LogP contribution in [-0.4, -0.2) is 65.6 Å². The highest BCUT2D eigenvalue weighted by Gasteiger charge is 2.47. The largest absolute Gasteiger partial charge is 0.397 e. The van der Waals surface area contributed by atoms with E-state index in [2.05, 4.69) is 4.18 Å². The molecule has 1 heterocycles. The van der Waals surface area contributed by atoms with E-state index in [-0.39, 0.29) is 6.61 Å². The number of ether oxygens (including phenoxy) is 2. The van der Waals surface area contributed by atoms with Crippen molar-refractivity contribution in [3.05, 3.63) is 35.9 Å². The fraction of sp³-hybridized carbons (Fsp3) is 0.538. The van der Waals surface area contributed by atoms with E-state index >= 15 is 0 Å². The third-order valence-corrected chi connectivity index (χ3v) is 3.78. The fourth-order valence-corrected chi connectivity index (χ4v) is 2.72. The molecule has 9 nitrogen and oxygen atoms in total. The van der Waals surface area contributed by atoms with Gasteiger partial charge in [-0.05, 0) is 5.56 Å². The van der Waals surface area contributed by atoms with Gasteiger partial charge in [0.15, 0.2) is 6.29 Å². The van der Waals surface area contributed by atoms with Crippen LogP contribution in [0, 0.1) is 0 Å². The van der Waals surface area contributed by atoms with E-state index < -0.39 is 47.7 Å². The van der Waals surface area contributed by atoms with E-state index in [4.69, 9.17) is 14.0 Å². The maximum atomic E-state index is 10.8. The van der Waals surface area contributed by atoms with Crippen LogP contribution in [0.1, 0.15) is 5.56 Å². The summed E-state index contributed by atoms with van der Waals surface area (Å²) in [4.78, 5) is 0. The number of rotatable bonds is 6. The van der Waals surface area contributed by atoms with Crippen molar-refractivity contribution in [2.45, 2.75) is 37.3 Å². The number of aliphatic hydroxyl groups excluding tert-OH is 3. The van der Waals surface area contributed by atoms with Crippen LogP contribution in [0.5, 0.6) is 0 Å². The van der Waals surface area contributed by atoms with Crippen LogP contribution in [0.3, 0.4) is 0 Å². The smallest absolute Gasteiger partial charge is 0.394 e. The van der Waals surface area contributed by atoms with E-state index in [0.717, 1.165) is 5.56 Å². The zero-order valence-corrected chi connectivity index (χ0v) is 12.7. The Morgan fingerprint density at radius 2 is 1.78 bits per heavy atom. The van der Waals surface area contributed by atoms with Crippen molar-refractivity contribution in [2.24, 2.45) is 0 Å². The monoisotopic (exact) mass is 350 g/mol. The summed E-state index contributed by atoms with van der Waals surface area (Å²) in [6.45, 7) is -0.646. The lowest BCUT2D eigenvalue weighted by Gasteiger charge is -2.40. The average molecular weight is 350 g/mol. The molecule has 0 unspecified atom stereocenters. The van der Waals surface area contributed by atoms with Crippen molar-refractivity contribution >= 4 is 10.4 Å². The Morgan fingerprint density at radius 1 is 1.13 bits per heavy atom. The summed E-state index contributed by atoms with van der Waals surface area (Å²) in [5.74, 6) is 0. The molecule has 0 aliphatic carbocycles. The summed E-state index contributed by atoms with van der Waals surface area (Å²) in [7, 11) is -4.90. The van der Waals surface area contributed by atoms with Gasteiger partial charge in [-0.25, -0.2) is 4.18 Å². The molecule has 1 fully saturated rings. The minimum Gasteiger partial charge on any atom is -0.394 e. The number of aliphatic hydroxyl groups is 3. The molecule has 0 spiro atoms. The van der Waals surface area contributed by atoms with Gasteiger partial charge in [-0.2, -0.15) is 8.42 Å². The quantitative estimate of drug-likeness (QED) is 0.467. The molecule has 0 saturated carbocycles. The molecule has 1 aliphatic heterocycles. The van der Waals surface area contributed by atoms with Crippen LogP contribution in [-0.2, 0) is 30.7 Å². The molecule has 10 heteroatoms. The molecular formula is C13H18O9S. The van der Waals surface area contributed by atoms with Crippen molar-refractivity contribution < 1.29 is 41.9 Å². The van der Waals surface area contributed by atoms with Crippen LogP contribution in [0.25, 0.3) is 0 Å². The minimum absolute atomic E-state index is 0.0667. The van der Waals surface area contributed by atoms with Gasteiger partial charge in [0.1, 0.15) is 24.4 Å². The lowest BCUT2D eigenvalue weighted by molar-refractivity contribution is -0.300. The molecule has 0 amide bonds. The third kappa shape index (κ3) is 4.93. The van der Waals surface area contributed by atoms with Gasteiger partial charge in [0.2, 0.25) is 0 Å². The predicted octanol–water partition coefficient (Wildman–Crippen LogP) is -1.17. The Hall–Kier alpha value is -1.11. The standard InChI is InChI=1S/C13H18O9S/c14-6-9-12(22-23(17,18)19)10(15)11(16)13(21-9)20-7-8-4-2-1-3-5-8/h1-5,9-16H,6-7H2,(H,17,18,19)/t9-,10-,11-,12-,13-/m1/s1. The van der Waals surface area contributed by atoms with Crippen molar-refractivity contribution in [3.63, 3.8) is 0 Å². The van der Waals surface area contributed by atoms with Gasteiger partial charge in [0.25, 0.3) is 0 Å². The van der Waals surface area contributed by atoms with Crippen LogP contribution in [0.15, 0.2) is 30.3 Å². The highest BCUT2D eigenvalue weighted by atomic mass is 32.3. The van der Waals surface area contributed by atoms with Gasteiger partial charge in [-0.1, -0.05) is 30.3 Å². The molecule has 2 rings (SSSR count). The minimum atomic E-state index is -4.90. The summed E-state index contributed by atoms with van der Waals surface area (Å²) < 4.78 is 45.1. The van der Waals surface area contributed by atoms with Crippen LogP contribution >= 0.6 is 0 Å². The second-order valence-corrected chi connectivity index (χ2v) is 6.04.